The first-order chi connectivity index (χ1) is 12.9. The second-order valence-electron chi connectivity index (χ2n) is 6.34. The topological polar surface area (TPSA) is 113 Å². The highest BCUT2D eigenvalue weighted by atomic mass is 35.5. The fraction of sp³-hybridized carbons (Fsp3) is 0.353. The molecule has 0 saturated carbocycles. The Morgan fingerprint density at radius 3 is 2.85 bits per heavy atom. The highest BCUT2D eigenvalue weighted by Gasteiger charge is 2.29. The zero-order valence-electron chi connectivity index (χ0n) is 14.7. The zero-order valence-corrected chi connectivity index (χ0v) is 15.4. The summed E-state index contributed by atoms with van der Waals surface area (Å²) in [5.74, 6) is 0.623. The van der Waals surface area contributed by atoms with Crippen molar-refractivity contribution < 1.29 is 14.7 Å². The molecule has 9 nitrogen and oxygen atoms in total. The summed E-state index contributed by atoms with van der Waals surface area (Å²) in [6.07, 6.45) is 2.20. The van der Waals surface area contributed by atoms with Crippen LogP contribution in [0.2, 0.25) is 5.02 Å². The van der Waals surface area contributed by atoms with Gasteiger partial charge in [0.1, 0.15) is 0 Å². The molecule has 142 valence electrons. The predicted molar refractivity (Wildman–Crippen MR) is 98.2 cm³/mol. The van der Waals surface area contributed by atoms with Crippen LogP contribution in [0, 0.1) is 12.8 Å². The Kier molecular flexibility index (Phi) is 5.70. The number of nitrogens with one attached hydrogen (secondary N) is 1. The maximum atomic E-state index is 12.3. The average molecular weight is 391 g/mol. The third kappa shape index (κ3) is 5.04. The summed E-state index contributed by atoms with van der Waals surface area (Å²) < 4.78 is 0. The van der Waals surface area contributed by atoms with Crippen LogP contribution in [0.3, 0.4) is 0 Å². The SMILES string of the molecule is Cc1nnn(Cc2cc(Cl)ccc2/C=C/C(=O)N2CC(CNC(=O)O)C2)n1. The number of aromatic nitrogens is 4. The lowest BCUT2D eigenvalue weighted by molar-refractivity contribution is -0.131. The second-order valence-corrected chi connectivity index (χ2v) is 6.78. The van der Waals surface area contributed by atoms with Gasteiger partial charge in [0.15, 0.2) is 5.82 Å². The van der Waals surface area contributed by atoms with Gasteiger partial charge in [0.2, 0.25) is 5.91 Å². The molecule has 0 spiro atoms. The molecule has 0 radical (unpaired) electrons. The van der Waals surface area contributed by atoms with E-state index >= 15 is 0 Å². The van der Waals surface area contributed by atoms with Gasteiger partial charge in [0.05, 0.1) is 6.54 Å². The number of benzene rings is 1. The lowest BCUT2D eigenvalue weighted by atomic mass is 10.00. The molecule has 0 unspecified atom stereocenters. The molecule has 2 heterocycles. The van der Waals surface area contributed by atoms with E-state index in [0.717, 1.165) is 11.1 Å². The fourth-order valence-corrected chi connectivity index (χ4v) is 2.99. The molecule has 2 amide bonds. The van der Waals surface area contributed by atoms with E-state index in [4.69, 9.17) is 16.7 Å². The lowest BCUT2D eigenvalue weighted by Crippen LogP contribution is -2.53. The monoisotopic (exact) mass is 390 g/mol. The zero-order chi connectivity index (χ0) is 19.4. The number of carboxylic acid groups (broad SMARTS) is 1. The van der Waals surface area contributed by atoms with Crippen LogP contribution in [0.4, 0.5) is 4.79 Å². The number of likely N-dealkylation sites (tertiary alicyclic amines) is 1. The van der Waals surface area contributed by atoms with Gasteiger partial charge in [0.25, 0.3) is 0 Å². The standard InChI is InChI=1S/C17H19ClN6O3/c1-11-20-22-24(21-11)10-14-6-15(18)4-2-13(14)3-5-16(25)23-8-12(9-23)7-19-17(26)27/h2-6,12,19H,7-10H2,1H3,(H,26,27)/b5-3+. The number of carbonyl (C=O) groups excluding carboxylic acids is 1. The van der Waals surface area contributed by atoms with Gasteiger partial charge in [-0.05, 0) is 41.5 Å². The molecule has 0 atom stereocenters. The van der Waals surface area contributed by atoms with Crippen molar-refractivity contribution in [2.75, 3.05) is 19.6 Å². The number of rotatable bonds is 6. The minimum Gasteiger partial charge on any atom is -0.465 e. The predicted octanol–water partition coefficient (Wildman–Crippen LogP) is 1.42. The molecule has 1 aromatic heterocycles. The Morgan fingerprint density at radius 1 is 1.41 bits per heavy atom. The molecule has 3 rings (SSSR count). The third-order valence-corrected chi connectivity index (χ3v) is 4.42. The molecule has 1 aliphatic rings. The van der Waals surface area contributed by atoms with Crippen LogP contribution in [0.1, 0.15) is 17.0 Å². The number of tetrazole rings is 1. The molecule has 2 N–H and O–H groups in total. The van der Waals surface area contributed by atoms with Crippen molar-refractivity contribution in [1.29, 1.82) is 0 Å². The molecule has 1 aliphatic heterocycles. The normalized spacial score (nSPS) is 14.4. The number of hydrogen-bond donors (Lipinski definition) is 2. The molecular formula is C17H19ClN6O3. The first kappa shape index (κ1) is 18.8. The van der Waals surface area contributed by atoms with Gasteiger partial charge in [-0.1, -0.05) is 17.7 Å². The molecule has 1 saturated heterocycles. The molecule has 0 aliphatic carbocycles. The van der Waals surface area contributed by atoms with Crippen molar-refractivity contribution >= 4 is 29.7 Å². The van der Waals surface area contributed by atoms with Gasteiger partial charge < -0.3 is 15.3 Å². The Balaban J connectivity index is 1.61. The highest BCUT2D eigenvalue weighted by molar-refractivity contribution is 6.30. The highest BCUT2D eigenvalue weighted by Crippen LogP contribution is 2.20. The number of aryl methyl sites for hydroxylation is 1. The van der Waals surface area contributed by atoms with E-state index in [2.05, 4.69) is 20.7 Å². The smallest absolute Gasteiger partial charge is 0.404 e. The van der Waals surface area contributed by atoms with E-state index in [1.54, 1.807) is 24.0 Å². The molecule has 0 bridgehead atoms. The van der Waals surface area contributed by atoms with Crippen LogP contribution >= 0.6 is 11.6 Å². The van der Waals surface area contributed by atoms with Crippen LogP contribution < -0.4 is 5.32 Å². The van der Waals surface area contributed by atoms with Crippen LogP contribution in [0.5, 0.6) is 0 Å². The maximum absolute atomic E-state index is 12.3. The number of hydrogen-bond acceptors (Lipinski definition) is 5. The summed E-state index contributed by atoms with van der Waals surface area (Å²) in [5, 5.41) is 23.5. The number of nitrogens with zero attached hydrogens (tertiary/aromatic N) is 5. The Labute approximate surface area is 160 Å². The summed E-state index contributed by atoms with van der Waals surface area (Å²) in [6.45, 7) is 3.59. The summed E-state index contributed by atoms with van der Waals surface area (Å²) >= 11 is 6.09. The number of halogens is 1. The van der Waals surface area contributed by atoms with Gasteiger partial charge in [-0.15, -0.1) is 10.2 Å². The lowest BCUT2D eigenvalue weighted by Gasteiger charge is -2.38. The second kappa shape index (κ2) is 8.17. The van der Waals surface area contributed by atoms with Crippen LogP contribution in [0.25, 0.3) is 6.08 Å². The van der Waals surface area contributed by atoms with E-state index in [1.807, 2.05) is 12.1 Å². The molecule has 10 heteroatoms. The molecule has 1 fully saturated rings. The van der Waals surface area contributed by atoms with Gasteiger partial charge in [-0.25, -0.2) is 4.79 Å². The van der Waals surface area contributed by atoms with E-state index in [1.165, 1.54) is 10.9 Å². The van der Waals surface area contributed by atoms with Crippen LogP contribution in [-0.4, -0.2) is 61.8 Å². The Morgan fingerprint density at radius 2 is 2.19 bits per heavy atom. The molecule has 1 aromatic carbocycles. The van der Waals surface area contributed by atoms with Crippen molar-refractivity contribution in [1.82, 2.24) is 30.4 Å². The largest absolute Gasteiger partial charge is 0.465 e. The Hall–Kier alpha value is -2.94. The van der Waals surface area contributed by atoms with Gasteiger partial charge in [-0.2, -0.15) is 4.80 Å². The van der Waals surface area contributed by atoms with Crippen LogP contribution in [-0.2, 0) is 11.3 Å². The van der Waals surface area contributed by atoms with Crippen molar-refractivity contribution in [2.45, 2.75) is 13.5 Å². The first-order valence-electron chi connectivity index (χ1n) is 8.37. The minimum absolute atomic E-state index is 0.114. The van der Waals surface area contributed by atoms with E-state index in [-0.39, 0.29) is 11.8 Å². The minimum atomic E-state index is -1.05. The van der Waals surface area contributed by atoms with Gasteiger partial charge in [0, 0.05) is 36.7 Å². The summed E-state index contributed by atoms with van der Waals surface area (Å²) in [5.41, 5.74) is 1.71. The van der Waals surface area contributed by atoms with Crippen LogP contribution in [0.15, 0.2) is 24.3 Å². The molecule has 2 aromatic rings. The van der Waals surface area contributed by atoms with Crippen molar-refractivity contribution in [2.24, 2.45) is 5.92 Å². The number of amides is 2. The quantitative estimate of drug-likeness (QED) is 0.721. The van der Waals surface area contributed by atoms with Gasteiger partial charge >= 0.3 is 6.09 Å². The van der Waals surface area contributed by atoms with E-state index < -0.39 is 6.09 Å². The summed E-state index contributed by atoms with van der Waals surface area (Å²) in [7, 11) is 0. The van der Waals surface area contributed by atoms with Crippen molar-refractivity contribution in [3.05, 3.63) is 46.2 Å². The summed E-state index contributed by atoms with van der Waals surface area (Å²) in [6, 6.07) is 5.40. The third-order valence-electron chi connectivity index (χ3n) is 4.19. The van der Waals surface area contributed by atoms with Crippen molar-refractivity contribution in [3.8, 4) is 0 Å². The fourth-order valence-electron chi connectivity index (χ4n) is 2.79. The maximum Gasteiger partial charge on any atom is 0.404 e. The van der Waals surface area contributed by atoms with Gasteiger partial charge in [-0.3, -0.25) is 4.79 Å². The number of carbonyl (C=O) groups is 2. The summed E-state index contributed by atoms with van der Waals surface area (Å²) in [4.78, 5) is 25.9. The Bertz CT molecular complexity index is 875. The first-order valence-corrected chi connectivity index (χ1v) is 8.75. The van der Waals surface area contributed by atoms with E-state index in [9.17, 15) is 9.59 Å². The van der Waals surface area contributed by atoms with Crippen molar-refractivity contribution in [3.63, 3.8) is 0 Å². The average Bonchev–Trinajstić information content (AvgIpc) is 2.97. The molecular weight excluding hydrogens is 372 g/mol. The molecule has 27 heavy (non-hydrogen) atoms. The van der Waals surface area contributed by atoms with E-state index in [0.29, 0.717) is 37.0 Å².